The molecule has 136 valence electrons. The second-order valence-electron chi connectivity index (χ2n) is 5.74. The van der Waals surface area contributed by atoms with Crippen LogP contribution in [0.2, 0.25) is 0 Å². The summed E-state index contributed by atoms with van der Waals surface area (Å²) in [6, 6.07) is 15.2. The molecule has 0 saturated heterocycles. The number of hydrogen-bond acceptors (Lipinski definition) is 5. The number of esters is 1. The van der Waals surface area contributed by atoms with Gasteiger partial charge in [-0.05, 0) is 37.6 Å². The van der Waals surface area contributed by atoms with E-state index in [0.29, 0.717) is 17.9 Å². The Kier molecular flexibility index (Phi) is 6.91. The average molecular weight is 354 g/mol. The Morgan fingerprint density at radius 2 is 1.77 bits per heavy atom. The molecule has 0 spiro atoms. The summed E-state index contributed by atoms with van der Waals surface area (Å²) in [6.07, 6.45) is 0.137. The highest BCUT2D eigenvalue weighted by molar-refractivity contribution is 5.99. The minimum Gasteiger partial charge on any atom is -0.462 e. The lowest BCUT2D eigenvalue weighted by Gasteiger charge is -2.15. The molecule has 2 aromatic carbocycles. The van der Waals surface area contributed by atoms with Crippen molar-refractivity contribution in [1.82, 2.24) is 5.32 Å². The van der Waals surface area contributed by atoms with Gasteiger partial charge in [0.2, 0.25) is 11.8 Å². The van der Waals surface area contributed by atoms with Gasteiger partial charge in [-0.3, -0.25) is 14.9 Å². The van der Waals surface area contributed by atoms with Crippen molar-refractivity contribution in [3.05, 3.63) is 65.7 Å². The van der Waals surface area contributed by atoms with E-state index in [1.54, 1.807) is 38.1 Å². The van der Waals surface area contributed by atoms with Gasteiger partial charge in [-0.1, -0.05) is 36.4 Å². The van der Waals surface area contributed by atoms with Gasteiger partial charge in [0.05, 0.1) is 18.6 Å². The van der Waals surface area contributed by atoms with Crippen LogP contribution in [0.4, 0.5) is 5.69 Å². The van der Waals surface area contributed by atoms with Gasteiger partial charge in [-0.15, -0.1) is 0 Å². The molecule has 0 saturated carbocycles. The molecular weight excluding hydrogens is 332 g/mol. The van der Waals surface area contributed by atoms with Gasteiger partial charge in [-0.25, -0.2) is 4.79 Å². The second-order valence-corrected chi connectivity index (χ2v) is 5.74. The first-order valence-corrected chi connectivity index (χ1v) is 8.41. The maximum atomic E-state index is 12.2. The van der Waals surface area contributed by atoms with Crippen LogP contribution in [-0.2, 0) is 20.7 Å². The first-order valence-electron chi connectivity index (χ1n) is 8.41. The number of anilines is 1. The van der Waals surface area contributed by atoms with Gasteiger partial charge in [0.25, 0.3) is 0 Å². The minimum atomic E-state index is -0.646. The maximum Gasteiger partial charge on any atom is 0.338 e. The fraction of sp³-hybridized carbons (Fsp3) is 0.250. The number of ether oxygens (including phenoxy) is 1. The zero-order valence-electron chi connectivity index (χ0n) is 14.8. The van der Waals surface area contributed by atoms with Crippen molar-refractivity contribution in [2.45, 2.75) is 26.3 Å². The number of benzene rings is 2. The van der Waals surface area contributed by atoms with Gasteiger partial charge >= 0.3 is 5.97 Å². The first kappa shape index (κ1) is 19.2. The predicted molar refractivity (Wildman–Crippen MR) is 98.8 cm³/mol. The fourth-order valence-corrected chi connectivity index (χ4v) is 2.34. The lowest BCUT2D eigenvalue weighted by Crippen LogP contribution is -2.41. The van der Waals surface area contributed by atoms with Crippen molar-refractivity contribution in [1.29, 1.82) is 0 Å². The van der Waals surface area contributed by atoms with Gasteiger partial charge in [0.1, 0.15) is 6.04 Å². The van der Waals surface area contributed by atoms with E-state index in [1.165, 1.54) is 0 Å². The third-order valence-electron chi connectivity index (χ3n) is 3.62. The van der Waals surface area contributed by atoms with E-state index in [0.717, 1.165) is 5.56 Å². The molecule has 0 fully saturated rings. The van der Waals surface area contributed by atoms with E-state index in [-0.39, 0.29) is 12.3 Å². The van der Waals surface area contributed by atoms with E-state index in [2.05, 4.69) is 10.6 Å². The molecule has 0 bridgehead atoms. The van der Waals surface area contributed by atoms with Crippen molar-refractivity contribution in [2.75, 3.05) is 11.9 Å². The summed E-state index contributed by atoms with van der Waals surface area (Å²) in [7, 11) is 0. The van der Waals surface area contributed by atoms with E-state index in [4.69, 9.17) is 4.74 Å². The molecule has 2 aromatic rings. The first-order chi connectivity index (χ1) is 12.5. The van der Waals surface area contributed by atoms with E-state index >= 15 is 0 Å². The van der Waals surface area contributed by atoms with Crippen LogP contribution < -0.4 is 10.6 Å². The maximum absolute atomic E-state index is 12.2. The summed E-state index contributed by atoms with van der Waals surface area (Å²) in [4.78, 5) is 35.9. The summed E-state index contributed by atoms with van der Waals surface area (Å²) < 4.78 is 4.95. The number of carbonyl (C=O) groups is 3. The number of nitrogens with one attached hydrogen (secondary N) is 2. The highest BCUT2D eigenvalue weighted by Gasteiger charge is 2.16. The van der Waals surface area contributed by atoms with Crippen LogP contribution in [0.3, 0.4) is 0 Å². The molecule has 2 rings (SSSR count). The Morgan fingerprint density at radius 1 is 1.04 bits per heavy atom. The van der Waals surface area contributed by atoms with Crippen LogP contribution in [0.1, 0.15) is 29.8 Å². The second kappa shape index (κ2) is 9.36. The van der Waals surface area contributed by atoms with Crippen molar-refractivity contribution < 1.29 is 19.1 Å². The quantitative estimate of drug-likeness (QED) is 0.747. The number of imide groups is 1. The smallest absolute Gasteiger partial charge is 0.338 e. The zero-order valence-corrected chi connectivity index (χ0v) is 14.8. The largest absolute Gasteiger partial charge is 0.462 e. The fourth-order valence-electron chi connectivity index (χ4n) is 2.34. The van der Waals surface area contributed by atoms with Gasteiger partial charge in [0, 0.05) is 5.69 Å². The topological polar surface area (TPSA) is 84.5 Å². The van der Waals surface area contributed by atoms with Crippen molar-refractivity contribution in [3.63, 3.8) is 0 Å². The van der Waals surface area contributed by atoms with Crippen molar-refractivity contribution in [3.8, 4) is 0 Å². The Morgan fingerprint density at radius 3 is 2.46 bits per heavy atom. The monoisotopic (exact) mass is 354 g/mol. The zero-order chi connectivity index (χ0) is 18.9. The van der Waals surface area contributed by atoms with E-state index < -0.39 is 17.9 Å². The SMILES string of the molecule is CCOC(=O)c1cccc(N[C@@H](C)C(=O)NC(=O)Cc2ccccc2)c1. The number of carbonyl (C=O) groups excluding carboxylic acids is 3. The number of rotatable bonds is 7. The van der Waals surface area contributed by atoms with E-state index in [9.17, 15) is 14.4 Å². The molecule has 2 amide bonds. The third kappa shape index (κ3) is 5.73. The van der Waals surface area contributed by atoms with Gasteiger partial charge in [0.15, 0.2) is 0 Å². The van der Waals surface area contributed by atoms with Crippen LogP contribution in [-0.4, -0.2) is 30.4 Å². The van der Waals surface area contributed by atoms with Gasteiger partial charge < -0.3 is 10.1 Å². The third-order valence-corrected chi connectivity index (χ3v) is 3.62. The highest BCUT2D eigenvalue weighted by atomic mass is 16.5. The van der Waals surface area contributed by atoms with Crippen LogP contribution >= 0.6 is 0 Å². The summed E-state index contributed by atoms with van der Waals surface area (Å²) >= 11 is 0. The Hall–Kier alpha value is -3.15. The summed E-state index contributed by atoms with van der Waals surface area (Å²) in [6.45, 7) is 3.67. The van der Waals surface area contributed by atoms with Crippen molar-refractivity contribution >= 4 is 23.5 Å². The van der Waals surface area contributed by atoms with Crippen LogP contribution in [0.5, 0.6) is 0 Å². The summed E-state index contributed by atoms with van der Waals surface area (Å²) in [5.74, 6) is -1.23. The average Bonchev–Trinajstić information content (AvgIpc) is 2.62. The number of amides is 2. The molecule has 0 aliphatic rings. The molecule has 2 N–H and O–H groups in total. The molecule has 1 atom stereocenters. The highest BCUT2D eigenvalue weighted by Crippen LogP contribution is 2.13. The molecular formula is C20H22N2O4. The molecule has 0 heterocycles. The normalized spacial score (nSPS) is 11.3. The molecule has 26 heavy (non-hydrogen) atoms. The molecule has 0 aliphatic heterocycles. The van der Waals surface area contributed by atoms with Crippen LogP contribution in [0, 0.1) is 0 Å². The minimum absolute atomic E-state index is 0.137. The lowest BCUT2D eigenvalue weighted by atomic mass is 10.1. The Labute approximate surface area is 152 Å². The lowest BCUT2D eigenvalue weighted by molar-refractivity contribution is -0.130. The molecule has 0 aromatic heterocycles. The molecule has 0 radical (unpaired) electrons. The van der Waals surface area contributed by atoms with Crippen molar-refractivity contribution in [2.24, 2.45) is 0 Å². The number of hydrogen-bond donors (Lipinski definition) is 2. The molecule has 6 nitrogen and oxygen atoms in total. The predicted octanol–water partition coefficient (Wildman–Crippen LogP) is 2.55. The summed E-state index contributed by atoms with van der Waals surface area (Å²) in [5, 5.41) is 5.35. The Bertz CT molecular complexity index is 774. The van der Waals surface area contributed by atoms with Crippen LogP contribution in [0.25, 0.3) is 0 Å². The molecule has 0 aliphatic carbocycles. The molecule has 6 heteroatoms. The standard InChI is InChI=1S/C20H22N2O4/c1-3-26-20(25)16-10-7-11-17(13-16)21-14(2)19(24)22-18(23)12-15-8-5-4-6-9-15/h4-11,13-14,21H,3,12H2,1-2H3,(H,22,23,24)/t14-/m0/s1. The van der Waals surface area contributed by atoms with Gasteiger partial charge in [-0.2, -0.15) is 0 Å². The summed E-state index contributed by atoms with van der Waals surface area (Å²) in [5.41, 5.74) is 1.82. The molecule has 0 unspecified atom stereocenters. The van der Waals surface area contributed by atoms with Crippen LogP contribution in [0.15, 0.2) is 54.6 Å². The van der Waals surface area contributed by atoms with E-state index in [1.807, 2.05) is 30.3 Å². The Balaban J connectivity index is 1.91.